The Morgan fingerprint density at radius 2 is 1.38 bits per heavy atom. The highest BCUT2D eigenvalue weighted by Gasteiger charge is 2.11. The lowest BCUT2D eigenvalue weighted by atomic mass is 10.1. The highest BCUT2D eigenvalue weighted by molar-refractivity contribution is 14.0. The summed E-state index contributed by atoms with van der Waals surface area (Å²) in [6.07, 6.45) is 2.37. The normalized spacial score (nSPS) is 12.2. The lowest BCUT2D eigenvalue weighted by Crippen LogP contribution is -2.36. The van der Waals surface area contributed by atoms with Crippen LogP contribution in [0.15, 0.2) is 57.2 Å². The number of hydrogen-bond acceptors (Lipinski definition) is 5. The number of hydrogen-bond donors (Lipinski definition) is 2. The van der Waals surface area contributed by atoms with Gasteiger partial charge in [-0.2, -0.15) is 0 Å². The van der Waals surface area contributed by atoms with E-state index in [2.05, 4.69) is 15.6 Å². The van der Waals surface area contributed by atoms with Gasteiger partial charge < -0.3 is 10.6 Å². The van der Waals surface area contributed by atoms with Crippen LogP contribution < -0.4 is 10.6 Å². The molecule has 2 N–H and O–H groups in total. The first-order valence-corrected chi connectivity index (χ1v) is 12.3. The Morgan fingerprint density at radius 3 is 1.83 bits per heavy atom. The third-order valence-electron chi connectivity index (χ3n) is 4.13. The van der Waals surface area contributed by atoms with Crippen molar-refractivity contribution in [1.82, 2.24) is 10.6 Å². The average Bonchev–Trinajstić information content (AvgIpc) is 2.60. The Morgan fingerprint density at radius 1 is 0.862 bits per heavy atom. The molecule has 0 saturated heterocycles. The predicted molar refractivity (Wildman–Crippen MR) is 126 cm³/mol. The first kappa shape index (κ1) is 25.4. The van der Waals surface area contributed by atoms with Crippen LogP contribution in [0.2, 0.25) is 0 Å². The van der Waals surface area contributed by atoms with Gasteiger partial charge in [0.05, 0.1) is 9.79 Å². The van der Waals surface area contributed by atoms with Crippen LogP contribution in [0.1, 0.15) is 16.7 Å². The van der Waals surface area contributed by atoms with Crippen LogP contribution in [0.25, 0.3) is 0 Å². The average molecular weight is 551 g/mol. The number of halogens is 1. The Kier molecular flexibility index (Phi) is 9.09. The Balaban J connectivity index is 0.00000420. The Bertz CT molecular complexity index is 1080. The monoisotopic (exact) mass is 551 g/mol. The van der Waals surface area contributed by atoms with Crippen LogP contribution in [0.4, 0.5) is 0 Å². The van der Waals surface area contributed by atoms with E-state index in [1.807, 2.05) is 6.07 Å². The van der Waals surface area contributed by atoms with Crippen molar-refractivity contribution in [3.63, 3.8) is 0 Å². The van der Waals surface area contributed by atoms with Crippen LogP contribution in [0.3, 0.4) is 0 Å². The molecule has 160 valence electrons. The van der Waals surface area contributed by atoms with Gasteiger partial charge in [-0.15, -0.1) is 24.0 Å². The molecule has 0 amide bonds. The van der Waals surface area contributed by atoms with Crippen LogP contribution in [0.5, 0.6) is 0 Å². The van der Waals surface area contributed by atoms with Crippen molar-refractivity contribution < 1.29 is 16.8 Å². The minimum Gasteiger partial charge on any atom is -0.352 e. The van der Waals surface area contributed by atoms with Crippen molar-refractivity contribution in [2.24, 2.45) is 4.99 Å². The molecule has 0 spiro atoms. The van der Waals surface area contributed by atoms with Crippen LogP contribution >= 0.6 is 24.0 Å². The second-order valence-corrected chi connectivity index (χ2v) is 10.6. The van der Waals surface area contributed by atoms with Gasteiger partial charge in [0.1, 0.15) is 0 Å². The molecule has 0 aromatic heterocycles. The lowest BCUT2D eigenvalue weighted by Gasteiger charge is -2.13. The van der Waals surface area contributed by atoms with Crippen LogP contribution in [-0.2, 0) is 32.8 Å². The Hall–Kier alpha value is -1.66. The number of rotatable bonds is 6. The second-order valence-electron chi connectivity index (χ2n) is 6.57. The van der Waals surface area contributed by atoms with Gasteiger partial charge in [0.15, 0.2) is 25.6 Å². The van der Waals surface area contributed by atoms with E-state index in [4.69, 9.17) is 0 Å². The maximum Gasteiger partial charge on any atom is 0.191 e. The maximum atomic E-state index is 11.7. The highest BCUT2D eigenvalue weighted by atomic mass is 127. The van der Waals surface area contributed by atoms with E-state index in [0.29, 0.717) is 29.5 Å². The minimum atomic E-state index is -3.23. The SMILES string of the molecule is CN=C(NCc1ccc(S(C)(=O)=O)cc1)NCc1ccc(S(C)(=O)=O)c(C)c1.I. The standard InChI is InChI=1S/C19H25N3O4S2.HI/c1-14-11-16(7-10-18(14)28(4,25)26)13-22-19(20-2)21-12-15-5-8-17(9-6-15)27(3,23)24;/h5-11H,12-13H2,1-4H3,(H2,20,21,22);1H. The molecule has 0 saturated carbocycles. The summed E-state index contributed by atoms with van der Waals surface area (Å²) >= 11 is 0. The fraction of sp³-hybridized carbons (Fsp3) is 0.316. The van der Waals surface area contributed by atoms with Crippen molar-refractivity contribution in [3.8, 4) is 0 Å². The summed E-state index contributed by atoms with van der Waals surface area (Å²) < 4.78 is 46.4. The number of guanidine groups is 1. The molecule has 0 aliphatic heterocycles. The number of benzene rings is 2. The van der Waals surface area contributed by atoms with Crippen LogP contribution in [0, 0.1) is 6.92 Å². The summed E-state index contributed by atoms with van der Waals surface area (Å²) in [5, 5.41) is 6.33. The molecule has 29 heavy (non-hydrogen) atoms. The molecule has 0 aliphatic carbocycles. The zero-order valence-corrected chi connectivity index (χ0v) is 20.7. The molecule has 0 fully saturated rings. The zero-order chi connectivity index (χ0) is 20.9. The van der Waals surface area contributed by atoms with E-state index in [1.54, 1.807) is 50.4 Å². The van der Waals surface area contributed by atoms with Gasteiger partial charge in [0.25, 0.3) is 0 Å². The van der Waals surface area contributed by atoms with Gasteiger partial charge in [-0.05, 0) is 41.8 Å². The van der Waals surface area contributed by atoms with Crippen molar-refractivity contribution in [2.45, 2.75) is 29.8 Å². The van der Waals surface area contributed by atoms with Crippen LogP contribution in [-0.4, -0.2) is 42.4 Å². The molecular weight excluding hydrogens is 525 g/mol. The van der Waals surface area contributed by atoms with E-state index in [1.165, 1.54) is 12.5 Å². The number of sulfone groups is 2. The fourth-order valence-corrected chi connectivity index (χ4v) is 4.27. The highest BCUT2D eigenvalue weighted by Crippen LogP contribution is 2.16. The molecule has 0 heterocycles. The minimum absolute atomic E-state index is 0. The van der Waals surface area contributed by atoms with Gasteiger partial charge in [0, 0.05) is 32.6 Å². The van der Waals surface area contributed by atoms with Gasteiger partial charge in [-0.1, -0.05) is 24.3 Å². The molecule has 2 aromatic rings. The quantitative estimate of drug-likeness (QED) is 0.325. The lowest BCUT2D eigenvalue weighted by molar-refractivity contribution is 0.599. The maximum absolute atomic E-state index is 11.7. The van der Waals surface area contributed by atoms with E-state index in [-0.39, 0.29) is 28.9 Å². The van der Waals surface area contributed by atoms with Crippen molar-refractivity contribution in [3.05, 3.63) is 59.2 Å². The van der Waals surface area contributed by atoms with Crippen molar-refractivity contribution in [2.75, 3.05) is 19.6 Å². The molecule has 0 bridgehead atoms. The van der Waals surface area contributed by atoms with Crippen molar-refractivity contribution in [1.29, 1.82) is 0 Å². The molecule has 2 aromatic carbocycles. The predicted octanol–water partition coefficient (Wildman–Crippen LogP) is 2.29. The number of aliphatic imine (C=N–C) groups is 1. The van der Waals surface area contributed by atoms with Crippen molar-refractivity contribution >= 4 is 49.6 Å². The summed E-state index contributed by atoms with van der Waals surface area (Å²) in [6, 6.07) is 11.9. The summed E-state index contributed by atoms with van der Waals surface area (Å²) in [6.45, 7) is 2.74. The molecule has 0 unspecified atom stereocenters. The number of nitrogens with zero attached hydrogens (tertiary/aromatic N) is 1. The van der Waals surface area contributed by atoms with E-state index in [9.17, 15) is 16.8 Å². The van der Waals surface area contributed by atoms with E-state index in [0.717, 1.165) is 11.1 Å². The number of aryl methyl sites for hydroxylation is 1. The molecule has 7 nitrogen and oxygen atoms in total. The third-order valence-corrected chi connectivity index (χ3v) is 6.52. The molecule has 2 rings (SSSR count). The number of nitrogens with one attached hydrogen (secondary N) is 2. The van der Waals surface area contributed by atoms with Gasteiger partial charge >= 0.3 is 0 Å². The Labute approximate surface area is 189 Å². The molecule has 0 atom stereocenters. The summed E-state index contributed by atoms with van der Waals surface area (Å²) in [5.41, 5.74) is 2.56. The van der Waals surface area contributed by atoms with E-state index < -0.39 is 19.7 Å². The fourth-order valence-electron chi connectivity index (χ4n) is 2.68. The van der Waals surface area contributed by atoms with Gasteiger partial charge in [0.2, 0.25) is 0 Å². The van der Waals surface area contributed by atoms with Gasteiger partial charge in [-0.25, -0.2) is 16.8 Å². The zero-order valence-electron chi connectivity index (χ0n) is 16.8. The summed E-state index contributed by atoms with van der Waals surface area (Å²) in [5.74, 6) is 0.581. The second kappa shape index (κ2) is 10.4. The largest absolute Gasteiger partial charge is 0.352 e. The molecule has 0 radical (unpaired) electrons. The molecule has 0 aliphatic rings. The molecule has 10 heteroatoms. The first-order valence-electron chi connectivity index (χ1n) is 8.54. The topological polar surface area (TPSA) is 105 Å². The molecular formula is C19H26IN3O4S2. The van der Waals surface area contributed by atoms with Gasteiger partial charge in [-0.3, -0.25) is 4.99 Å². The first-order chi connectivity index (χ1) is 13.0. The van der Waals surface area contributed by atoms with E-state index >= 15 is 0 Å². The summed E-state index contributed by atoms with van der Waals surface area (Å²) in [7, 11) is -4.78. The smallest absolute Gasteiger partial charge is 0.191 e. The summed E-state index contributed by atoms with van der Waals surface area (Å²) in [4.78, 5) is 4.77. The third kappa shape index (κ3) is 7.59.